The molecular weight excluding hydrogens is 296 g/mol. The van der Waals surface area contributed by atoms with Crippen molar-refractivity contribution in [1.29, 1.82) is 0 Å². The van der Waals surface area contributed by atoms with Crippen LogP contribution >= 0.6 is 0 Å². The number of hydrogen-bond acceptors (Lipinski definition) is 2. The fourth-order valence-electron chi connectivity index (χ4n) is 6.26. The zero-order valence-corrected chi connectivity index (χ0v) is 14.6. The molecule has 4 fully saturated rings. The van der Waals surface area contributed by atoms with Crippen LogP contribution in [-0.2, 0) is 5.41 Å². The van der Waals surface area contributed by atoms with Gasteiger partial charge in [-0.25, -0.2) is 4.98 Å². The van der Waals surface area contributed by atoms with Gasteiger partial charge in [0.2, 0.25) is 0 Å². The number of ether oxygens (including phenoxy) is 1. The average Bonchev–Trinajstić information content (AvgIpc) is 2.96. The highest BCUT2D eigenvalue weighted by molar-refractivity contribution is 5.57. The van der Waals surface area contributed by atoms with E-state index in [0.29, 0.717) is 5.41 Å². The minimum absolute atomic E-state index is 0.361. The van der Waals surface area contributed by atoms with Crippen molar-refractivity contribution in [2.75, 3.05) is 7.11 Å². The SMILES string of the molecule is COc1ccc(-c2nc(C34CC5CC(CC(C5)C3)C4)c(C)[nH]2)cc1. The molecule has 0 atom stereocenters. The van der Waals surface area contributed by atoms with Crippen LogP contribution < -0.4 is 4.74 Å². The van der Waals surface area contributed by atoms with Gasteiger partial charge in [-0.2, -0.15) is 0 Å². The molecule has 126 valence electrons. The molecule has 3 nitrogen and oxygen atoms in total. The Kier molecular flexibility index (Phi) is 3.10. The number of nitrogens with zero attached hydrogens (tertiary/aromatic N) is 1. The maximum Gasteiger partial charge on any atom is 0.137 e. The number of imidazole rings is 1. The second-order valence-corrected chi connectivity index (χ2v) is 8.49. The van der Waals surface area contributed by atoms with Gasteiger partial charge in [0, 0.05) is 16.7 Å². The summed E-state index contributed by atoms with van der Waals surface area (Å²) in [6.07, 6.45) is 8.54. The summed E-state index contributed by atoms with van der Waals surface area (Å²) in [5, 5.41) is 0. The zero-order valence-electron chi connectivity index (χ0n) is 14.6. The lowest BCUT2D eigenvalue weighted by Crippen LogP contribution is -2.49. The molecule has 2 aromatic rings. The summed E-state index contributed by atoms with van der Waals surface area (Å²) in [7, 11) is 1.71. The third-order valence-electron chi connectivity index (χ3n) is 6.79. The van der Waals surface area contributed by atoms with Crippen molar-refractivity contribution < 1.29 is 4.74 Å². The van der Waals surface area contributed by atoms with Gasteiger partial charge in [-0.05, 0) is 87.5 Å². The fourth-order valence-corrected chi connectivity index (χ4v) is 6.26. The predicted octanol–water partition coefficient (Wildman–Crippen LogP) is 4.86. The number of rotatable bonds is 3. The van der Waals surface area contributed by atoms with Crippen molar-refractivity contribution in [1.82, 2.24) is 9.97 Å². The molecule has 24 heavy (non-hydrogen) atoms. The van der Waals surface area contributed by atoms with Gasteiger partial charge in [-0.1, -0.05) is 0 Å². The van der Waals surface area contributed by atoms with E-state index in [1.165, 1.54) is 49.9 Å². The lowest BCUT2D eigenvalue weighted by Gasteiger charge is -2.56. The predicted molar refractivity (Wildman–Crippen MR) is 95.2 cm³/mol. The average molecular weight is 322 g/mol. The number of nitrogens with one attached hydrogen (secondary N) is 1. The normalized spacial score (nSPS) is 33.8. The van der Waals surface area contributed by atoms with Crippen LogP contribution in [-0.4, -0.2) is 17.1 Å². The molecule has 4 aliphatic rings. The van der Waals surface area contributed by atoms with Gasteiger partial charge >= 0.3 is 0 Å². The first kappa shape index (κ1) is 14.6. The van der Waals surface area contributed by atoms with Gasteiger partial charge in [0.15, 0.2) is 0 Å². The molecule has 4 aliphatic carbocycles. The van der Waals surface area contributed by atoms with Crippen molar-refractivity contribution in [3.63, 3.8) is 0 Å². The van der Waals surface area contributed by atoms with Gasteiger partial charge in [-0.3, -0.25) is 0 Å². The van der Waals surface area contributed by atoms with Crippen molar-refractivity contribution in [2.24, 2.45) is 17.8 Å². The van der Waals surface area contributed by atoms with Crippen LogP contribution in [0.1, 0.15) is 49.9 Å². The highest BCUT2D eigenvalue weighted by atomic mass is 16.5. The molecular formula is C21H26N2O. The van der Waals surface area contributed by atoms with E-state index in [2.05, 4.69) is 24.0 Å². The summed E-state index contributed by atoms with van der Waals surface area (Å²) in [5.74, 6) is 4.77. The largest absolute Gasteiger partial charge is 0.497 e. The van der Waals surface area contributed by atoms with Crippen LogP contribution in [0.5, 0.6) is 5.75 Å². The number of H-pyrrole nitrogens is 1. The molecule has 0 aliphatic heterocycles. The van der Waals surface area contributed by atoms with Crippen LogP contribution in [0.4, 0.5) is 0 Å². The first-order chi connectivity index (χ1) is 11.6. The first-order valence-electron chi connectivity index (χ1n) is 9.37. The van der Waals surface area contributed by atoms with E-state index in [9.17, 15) is 0 Å². The molecule has 1 N–H and O–H groups in total. The Morgan fingerprint density at radius 2 is 1.58 bits per heavy atom. The number of aromatic amines is 1. The molecule has 0 saturated heterocycles. The quantitative estimate of drug-likeness (QED) is 0.876. The third kappa shape index (κ3) is 2.13. The maximum atomic E-state index is 5.27. The molecule has 0 amide bonds. The standard InChI is InChI=1S/C21H26N2O/c1-13-19(21-10-14-7-15(11-21)9-16(8-14)12-21)23-20(22-13)17-3-5-18(24-2)6-4-17/h3-6,14-16H,7-12H2,1-2H3,(H,22,23). The first-order valence-corrected chi connectivity index (χ1v) is 9.37. The van der Waals surface area contributed by atoms with Gasteiger partial charge in [0.05, 0.1) is 12.8 Å². The molecule has 0 unspecified atom stereocenters. The number of benzene rings is 1. The van der Waals surface area contributed by atoms with Crippen molar-refractivity contribution in [3.8, 4) is 17.1 Å². The number of hydrogen-bond donors (Lipinski definition) is 1. The van der Waals surface area contributed by atoms with Crippen molar-refractivity contribution in [3.05, 3.63) is 35.7 Å². The van der Waals surface area contributed by atoms with Gasteiger partial charge < -0.3 is 9.72 Å². The van der Waals surface area contributed by atoms with E-state index < -0.39 is 0 Å². The summed E-state index contributed by atoms with van der Waals surface area (Å²) < 4.78 is 5.27. The van der Waals surface area contributed by atoms with E-state index >= 15 is 0 Å². The maximum absolute atomic E-state index is 5.27. The summed E-state index contributed by atoms with van der Waals surface area (Å²) in [6.45, 7) is 2.22. The summed E-state index contributed by atoms with van der Waals surface area (Å²) in [5.41, 5.74) is 4.16. The summed E-state index contributed by atoms with van der Waals surface area (Å²) >= 11 is 0. The van der Waals surface area contributed by atoms with Crippen molar-refractivity contribution >= 4 is 0 Å². The van der Waals surface area contributed by atoms with Crippen LogP contribution in [0.3, 0.4) is 0 Å². The zero-order chi connectivity index (χ0) is 16.3. The number of methoxy groups -OCH3 is 1. The molecule has 6 rings (SSSR count). The second kappa shape index (κ2) is 5.11. The van der Waals surface area contributed by atoms with Crippen LogP contribution in [0.15, 0.2) is 24.3 Å². The lowest BCUT2D eigenvalue weighted by molar-refractivity contribution is -0.00728. The number of aryl methyl sites for hydroxylation is 1. The Morgan fingerprint density at radius 1 is 1.00 bits per heavy atom. The molecule has 0 spiro atoms. The third-order valence-corrected chi connectivity index (χ3v) is 6.79. The fraction of sp³-hybridized carbons (Fsp3) is 0.571. The highest BCUT2D eigenvalue weighted by Crippen LogP contribution is 2.60. The highest BCUT2D eigenvalue weighted by Gasteiger charge is 2.53. The van der Waals surface area contributed by atoms with E-state index in [1.54, 1.807) is 7.11 Å². The Morgan fingerprint density at radius 3 is 2.12 bits per heavy atom. The Bertz CT molecular complexity index is 723. The lowest BCUT2D eigenvalue weighted by atomic mass is 9.48. The molecule has 3 heteroatoms. The Balaban J connectivity index is 1.52. The number of aromatic nitrogens is 2. The molecule has 1 aromatic heterocycles. The summed E-state index contributed by atoms with van der Waals surface area (Å²) in [6, 6.07) is 8.22. The van der Waals surface area contributed by atoms with E-state index in [0.717, 1.165) is 34.9 Å². The van der Waals surface area contributed by atoms with Crippen LogP contribution in [0.25, 0.3) is 11.4 Å². The molecule has 4 bridgehead atoms. The molecule has 1 aromatic carbocycles. The Hall–Kier alpha value is -1.77. The van der Waals surface area contributed by atoms with Crippen LogP contribution in [0.2, 0.25) is 0 Å². The van der Waals surface area contributed by atoms with Gasteiger partial charge in [0.1, 0.15) is 11.6 Å². The van der Waals surface area contributed by atoms with E-state index in [4.69, 9.17) is 9.72 Å². The summed E-state index contributed by atoms with van der Waals surface area (Å²) in [4.78, 5) is 8.70. The topological polar surface area (TPSA) is 37.9 Å². The second-order valence-electron chi connectivity index (χ2n) is 8.49. The minimum atomic E-state index is 0.361. The van der Waals surface area contributed by atoms with Crippen molar-refractivity contribution in [2.45, 2.75) is 50.9 Å². The van der Waals surface area contributed by atoms with Gasteiger partial charge in [-0.15, -0.1) is 0 Å². The van der Waals surface area contributed by atoms with Crippen LogP contribution in [0, 0.1) is 24.7 Å². The minimum Gasteiger partial charge on any atom is -0.497 e. The van der Waals surface area contributed by atoms with E-state index in [-0.39, 0.29) is 0 Å². The Labute approximate surface area is 143 Å². The monoisotopic (exact) mass is 322 g/mol. The van der Waals surface area contributed by atoms with Gasteiger partial charge in [0.25, 0.3) is 0 Å². The molecule has 1 heterocycles. The van der Waals surface area contributed by atoms with E-state index in [1.807, 2.05) is 12.1 Å². The molecule has 4 saturated carbocycles. The smallest absolute Gasteiger partial charge is 0.137 e. The molecule has 0 radical (unpaired) electrons.